The van der Waals surface area contributed by atoms with Gasteiger partial charge in [0.15, 0.2) is 0 Å². The van der Waals surface area contributed by atoms with Crippen LogP contribution in [0.15, 0.2) is 24.3 Å². The van der Waals surface area contributed by atoms with Crippen molar-refractivity contribution in [3.63, 3.8) is 0 Å². The fourth-order valence-electron chi connectivity index (χ4n) is 2.24. The summed E-state index contributed by atoms with van der Waals surface area (Å²) >= 11 is 0. The van der Waals surface area contributed by atoms with Crippen molar-refractivity contribution in [3.8, 4) is 0 Å². The average Bonchev–Trinajstić information content (AvgIpc) is 2.50. The van der Waals surface area contributed by atoms with Crippen LogP contribution in [0.25, 0.3) is 0 Å². The highest BCUT2D eigenvalue weighted by molar-refractivity contribution is 5.90. The quantitative estimate of drug-likeness (QED) is 0.829. The van der Waals surface area contributed by atoms with Gasteiger partial charge in [0.1, 0.15) is 0 Å². The molecule has 0 unspecified atom stereocenters. The lowest BCUT2D eigenvalue weighted by molar-refractivity contribution is 0.0388. The zero-order valence-corrected chi connectivity index (χ0v) is 12.4. The molecule has 6 nitrogen and oxygen atoms in total. The van der Waals surface area contributed by atoms with E-state index in [0.29, 0.717) is 13.2 Å². The Kier molecular flexibility index (Phi) is 6.46. The van der Waals surface area contributed by atoms with Gasteiger partial charge in [-0.15, -0.1) is 0 Å². The maximum absolute atomic E-state index is 11.9. The van der Waals surface area contributed by atoms with Gasteiger partial charge in [-0.25, -0.2) is 4.79 Å². The molecule has 21 heavy (non-hydrogen) atoms. The number of morpholine rings is 1. The minimum atomic E-state index is -0.188. The van der Waals surface area contributed by atoms with Gasteiger partial charge in [-0.2, -0.15) is 0 Å². The Morgan fingerprint density at radius 3 is 2.86 bits per heavy atom. The molecule has 2 rings (SSSR count). The van der Waals surface area contributed by atoms with E-state index in [1.165, 1.54) is 0 Å². The van der Waals surface area contributed by atoms with Crippen LogP contribution in [-0.4, -0.2) is 57.4 Å². The van der Waals surface area contributed by atoms with Crippen LogP contribution in [0.1, 0.15) is 5.56 Å². The number of nitrogens with one attached hydrogen (secondary N) is 2. The first-order valence-corrected chi connectivity index (χ1v) is 7.21. The number of amides is 2. The van der Waals surface area contributed by atoms with Crippen molar-refractivity contribution in [1.82, 2.24) is 10.2 Å². The zero-order chi connectivity index (χ0) is 14.9. The second-order valence-electron chi connectivity index (χ2n) is 4.93. The molecule has 0 aromatic heterocycles. The van der Waals surface area contributed by atoms with Crippen LogP contribution in [0.4, 0.5) is 10.5 Å². The predicted octanol–water partition coefficient (Wildman–Crippen LogP) is 1.29. The molecule has 2 N–H and O–H groups in total. The van der Waals surface area contributed by atoms with Crippen molar-refractivity contribution in [2.45, 2.75) is 6.61 Å². The average molecular weight is 293 g/mol. The number of benzene rings is 1. The third-order valence-electron chi connectivity index (χ3n) is 3.38. The summed E-state index contributed by atoms with van der Waals surface area (Å²) in [5, 5.41) is 5.73. The fraction of sp³-hybridized carbons (Fsp3) is 0.533. The van der Waals surface area contributed by atoms with Crippen LogP contribution in [0, 0.1) is 0 Å². The standard InChI is InChI=1S/C15H23N3O3/c1-20-12-13-4-2-3-5-14(13)17-15(19)16-6-7-18-8-10-21-11-9-18/h2-5H,6-12H2,1H3,(H2,16,17,19). The molecule has 0 atom stereocenters. The lowest BCUT2D eigenvalue weighted by Crippen LogP contribution is -2.42. The molecule has 1 heterocycles. The molecule has 0 spiro atoms. The van der Waals surface area contributed by atoms with Crippen molar-refractivity contribution in [1.29, 1.82) is 0 Å². The van der Waals surface area contributed by atoms with E-state index >= 15 is 0 Å². The summed E-state index contributed by atoms with van der Waals surface area (Å²) in [6, 6.07) is 7.44. The number of carbonyl (C=O) groups is 1. The van der Waals surface area contributed by atoms with Gasteiger partial charge < -0.3 is 20.1 Å². The van der Waals surface area contributed by atoms with Gasteiger partial charge in [-0.1, -0.05) is 18.2 Å². The molecule has 0 bridgehead atoms. The number of urea groups is 1. The fourth-order valence-corrected chi connectivity index (χ4v) is 2.24. The Hall–Kier alpha value is -1.63. The first-order valence-electron chi connectivity index (χ1n) is 7.21. The normalized spacial score (nSPS) is 15.7. The lowest BCUT2D eigenvalue weighted by atomic mass is 10.2. The highest BCUT2D eigenvalue weighted by atomic mass is 16.5. The van der Waals surface area contributed by atoms with E-state index in [9.17, 15) is 4.79 Å². The second-order valence-corrected chi connectivity index (χ2v) is 4.93. The third kappa shape index (κ3) is 5.34. The van der Waals surface area contributed by atoms with Crippen LogP contribution < -0.4 is 10.6 Å². The minimum absolute atomic E-state index is 0.188. The summed E-state index contributed by atoms with van der Waals surface area (Å²) in [7, 11) is 1.64. The highest BCUT2D eigenvalue weighted by Gasteiger charge is 2.10. The summed E-state index contributed by atoms with van der Waals surface area (Å²) in [4.78, 5) is 14.2. The van der Waals surface area contributed by atoms with E-state index < -0.39 is 0 Å². The van der Waals surface area contributed by atoms with Gasteiger partial charge in [0.25, 0.3) is 0 Å². The highest BCUT2D eigenvalue weighted by Crippen LogP contribution is 2.15. The van der Waals surface area contributed by atoms with Gasteiger partial charge >= 0.3 is 6.03 Å². The molecule has 1 aromatic rings. The topological polar surface area (TPSA) is 62.8 Å². The Bertz CT molecular complexity index is 448. The van der Waals surface area contributed by atoms with Crippen LogP contribution >= 0.6 is 0 Å². The number of methoxy groups -OCH3 is 1. The monoisotopic (exact) mass is 293 g/mol. The zero-order valence-electron chi connectivity index (χ0n) is 12.4. The molecule has 1 aromatic carbocycles. The van der Waals surface area contributed by atoms with Gasteiger partial charge in [-0.3, -0.25) is 4.90 Å². The maximum Gasteiger partial charge on any atom is 0.319 e. The summed E-state index contributed by atoms with van der Waals surface area (Å²) in [5.41, 5.74) is 1.74. The van der Waals surface area contributed by atoms with Crippen molar-refractivity contribution in [2.75, 3.05) is 51.8 Å². The van der Waals surface area contributed by atoms with Crippen molar-refractivity contribution >= 4 is 11.7 Å². The molecule has 6 heteroatoms. The Morgan fingerprint density at radius 1 is 1.33 bits per heavy atom. The molecular formula is C15H23N3O3. The van der Waals surface area contributed by atoms with E-state index in [2.05, 4.69) is 15.5 Å². The number of hydrogen-bond donors (Lipinski definition) is 2. The van der Waals surface area contributed by atoms with E-state index in [1.807, 2.05) is 24.3 Å². The van der Waals surface area contributed by atoms with Gasteiger partial charge in [0.05, 0.1) is 19.8 Å². The molecule has 1 fully saturated rings. The first-order chi connectivity index (χ1) is 10.3. The molecule has 0 radical (unpaired) electrons. The number of rotatable bonds is 6. The van der Waals surface area contributed by atoms with E-state index in [4.69, 9.17) is 9.47 Å². The molecule has 2 amide bonds. The van der Waals surface area contributed by atoms with Crippen LogP contribution in [0.3, 0.4) is 0 Å². The molecule has 1 aliphatic rings. The third-order valence-corrected chi connectivity index (χ3v) is 3.38. The van der Waals surface area contributed by atoms with E-state index in [1.54, 1.807) is 7.11 Å². The van der Waals surface area contributed by atoms with Gasteiger partial charge in [0, 0.05) is 44.5 Å². The Morgan fingerprint density at radius 2 is 2.10 bits per heavy atom. The Balaban J connectivity index is 1.73. The number of anilines is 1. The SMILES string of the molecule is COCc1ccccc1NC(=O)NCCN1CCOCC1. The van der Waals surface area contributed by atoms with Gasteiger partial charge in [0.2, 0.25) is 0 Å². The number of nitrogens with zero attached hydrogens (tertiary/aromatic N) is 1. The van der Waals surface area contributed by atoms with Crippen LogP contribution in [-0.2, 0) is 16.1 Å². The predicted molar refractivity (Wildman–Crippen MR) is 81.4 cm³/mol. The number of hydrogen-bond acceptors (Lipinski definition) is 4. The maximum atomic E-state index is 11.9. The smallest absolute Gasteiger partial charge is 0.319 e. The molecule has 0 aliphatic carbocycles. The van der Waals surface area contributed by atoms with Gasteiger partial charge in [-0.05, 0) is 6.07 Å². The summed E-state index contributed by atoms with van der Waals surface area (Å²) < 4.78 is 10.4. The second kappa shape index (κ2) is 8.61. The number of carbonyl (C=O) groups excluding carboxylic acids is 1. The molecular weight excluding hydrogens is 270 g/mol. The van der Waals surface area contributed by atoms with Crippen molar-refractivity contribution in [2.24, 2.45) is 0 Å². The summed E-state index contributed by atoms with van der Waals surface area (Å²) in [6.45, 7) is 5.35. The molecule has 1 aliphatic heterocycles. The van der Waals surface area contributed by atoms with E-state index in [0.717, 1.165) is 44.1 Å². The first kappa shape index (κ1) is 15.8. The molecule has 116 valence electrons. The summed E-state index contributed by atoms with van der Waals surface area (Å²) in [5.74, 6) is 0. The van der Waals surface area contributed by atoms with E-state index in [-0.39, 0.29) is 6.03 Å². The lowest BCUT2D eigenvalue weighted by Gasteiger charge is -2.26. The number of ether oxygens (including phenoxy) is 2. The van der Waals surface area contributed by atoms with Crippen molar-refractivity contribution in [3.05, 3.63) is 29.8 Å². The minimum Gasteiger partial charge on any atom is -0.380 e. The number of para-hydroxylation sites is 1. The molecule has 1 saturated heterocycles. The van der Waals surface area contributed by atoms with Crippen LogP contribution in [0.5, 0.6) is 0 Å². The van der Waals surface area contributed by atoms with Crippen LogP contribution in [0.2, 0.25) is 0 Å². The summed E-state index contributed by atoms with van der Waals surface area (Å²) in [6.07, 6.45) is 0. The Labute approximate surface area is 125 Å². The van der Waals surface area contributed by atoms with Crippen molar-refractivity contribution < 1.29 is 14.3 Å². The largest absolute Gasteiger partial charge is 0.380 e. The molecule has 0 saturated carbocycles.